The molecule has 0 atom stereocenters. The van der Waals surface area contributed by atoms with E-state index in [0.717, 1.165) is 30.9 Å². The van der Waals surface area contributed by atoms with E-state index in [1.807, 2.05) is 24.3 Å². The van der Waals surface area contributed by atoms with Crippen molar-refractivity contribution in [2.24, 2.45) is 4.99 Å². The van der Waals surface area contributed by atoms with Crippen LogP contribution in [0.15, 0.2) is 41.4 Å². The van der Waals surface area contributed by atoms with Gasteiger partial charge in [-0.3, -0.25) is 4.79 Å². The molecule has 6 heteroatoms. The highest BCUT2D eigenvalue weighted by Gasteiger charge is 2.11. The summed E-state index contributed by atoms with van der Waals surface area (Å²) in [6, 6.07) is 8.07. The second kappa shape index (κ2) is 10.3. The van der Waals surface area contributed by atoms with Crippen molar-refractivity contribution in [3.63, 3.8) is 0 Å². The Labute approximate surface area is 161 Å². The largest absolute Gasteiger partial charge is 0.357 e. The molecule has 1 aromatic carbocycles. The van der Waals surface area contributed by atoms with Crippen molar-refractivity contribution in [3.8, 4) is 0 Å². The van der Waals surface area contributed by atoms with Crippen LogP contribution in [-0.2, 0) is 6.54 Å². The van der Waals surface area contributed by atoms with Crippen molar-refractivity contribution in [2.45, 2.75) is 32.4 Å². The summed E-state index contributed by atoms with van der Waals surface area (Å²) in [6.07, 6.45) is 6.49. The Balaban J connectivity index is 0.00000288. The van der Waals surface area contributed by atoms with Gasteiger partial charge < -0.3 is 15.5 Å². The first-order valence-corrected chi connectivity index (χ1v) is 8.10. The Kier molecular flexibility index (Phi) is 8.81. The van der Waals surface area contributed by atoms with Gasteiger partial charge in [-0.05, 0) is 37.5 Å². The van der Waals surface area contributed by atoms with Gasteiger partial charge in [0.05, 0.1) is 6.54 Å². The van der Waals surface area contributed by atoms with Gasteiger partial charge in [0, 0.05) is 32.2 Å². The Morgan fingerprint density at radius 1 is 1.21 bits per heavy atom. The smallest absolute Gasteiger partial charge is 0.253 e. The number of guanidine groups is 1. The van der Waals surface area contributed by atoms with Gasteiger partial charge in [0.25, 0.3) is 5.91 Å². The molecule has 2 rings (SSSR count). The molecule has 1 aliphatic carbocycles. The molecule has 0 radical (unpaired) electrons. The molecule has 2 N–H and O–H groups in total. The predicted octanol–water partition coefficient (Wildman–Crippen LogP) is 2.78. The molecule has 0 spiro atoms. The molecule has 132 valence electrons. The Morgan fingerprint density at radius 2 is 1.83 bits per heavy atom. The number of hydrogen-bond acceptors (Lipinski definition) is 2. The van der Waals surface area contributed by atoms with Crippen LogP contribution in [0, 0.1) is 0 Å². The number of nitrogens with zero attached hydrogens (tertiary/aromatic N) is 2. The Morgan fingerprint density at radius 3 is 2.38 bits per heavy atom. The van der Waals surface area contributed by atoms with E-state index in [1.54, 1.807) is 19.0 Å². The summed E-state index contributed by atoms with van der Waals surface area (Å²) >= 11 is 0. The fourth-order valence-corrected chi connectivity index (χ4v) is 2.43. The van der Waals surface area contributed by atoms with Crippen LogP contribution in [0.1, 0.15) is 35.7 Å². The quantitative estimate of drug-likeness (QED) is 0.319. The average Bonchev–Trinajstić information content (AvgIpc) is 3.05. The summed E-state index contributed by atoms with van der Waals surface area (Å²) < 4.78 is 0. The third-order valence-electron chi connectivity index (χ3n) is 3.72. The lowest BCUT2D eigenvalue weighted by atomic mass is 10.1. The molecular weight excluding hydrogens is 415 g/mol. The summed E-state index contributed by atoms with van der Waals surface area (Å²) in [5.41, 5.74) is 1.78. The summed E-state index contributed by atoms with van der Waals surface area (Å²) in [6.45, 7) is 3.49. The second-order valence-corrected chi connectivity index (χ2v) is 5.88. The first kappa shape index (κ1) is 20.5. The van der Waals surface area contributed by atoms with Gasteiger partial charge in [-0.15, -0.1) is 24.0 Å². The molecule has 1 aromatic rings. The Hall–Kier alpha value is -1.57. The molecule has 0 aliphatic heterocycles. The van der Waals surface area contributed by atoms with Crippen molar-refractivity contribution >= 4 is 35.8 Å². The zero-order valence-corrected chi connectivity index (χ0v) is 16.9. The maximum atomic E-state index is 11.9. The van der Waals surface area contributed by atoms with Crippen molar-refractivity contribution in [3.05, 3.63) is 47.5 Å². The number of aliphatic imine (C=N–C) groups is 1. The van der Waals surface area contributed by atoms with Gasteiger partial charge in [-0.1, -0.05) is 24.3 Å². The number of carbonyl (C=O) groups excluding carboxylic acids is 1. The standard InChI is InChI=1S/C18H26N4O.HI/c1-4-19-18(21-16-7-5-6-8-16)20-13-14-9-11-15(12-10-14)17(23)22(2)3;/h5-6,9-12,16H,4,7-8,13H2,1-3H3,(H2,19,20,21);1H. The maximum absolute atomic E-state index is 11.9. The van der Waals surface area contributed by atoms with E-state index in [-0.39, 0.29) is 29.9 Å². The van der Waals surface area contributed by atoms with Crippen LogP contribution in [0.4, 0.5) is 0 Å². The fourth-order valence-electron chi connectivity index (χ4n) is 2.43. The van der Waals surface area contributed by atoms with Crippen molar-refractivity contribution in [1.82, 2.24) is 15.5 Å². The maximum Gasteiger partial charge on any atom is 0.253 e. The number of carbonyl (C=O) groups is 1. The number of halogens is 1. The Bertz CT molecular complexity index is 573. The molecule has 1 aliphatic rings. The highest BCUT2D eigenvalue weighted by atomic mass is 127. The molecule has 24 heavy (non-hydrogen) atoms. The van der Waals surface area contributed by atoms with Crippen molar-refractivity contribution in [1.29, 1.82) is 0 Å². The lowest BCUT2D eigenvalue weighted by Gasteiger charge is -2.16. The third kappa shape index (κ3) is 6.14. The van der Waals surface area contributed by atoms with Crippen LogP contribution in [0.5, 0.6) is 0 Å². The fraction of sp³-hybridized carbons (Fsp3) is 0.444. The van der Waals surface area contributed by atoms with E-state index < -0.39 is 0 Å². The van der Waals surface area contributed by atoms with E-state index in [1.165, 1.54) is 0 Å². The van der Waals surface area contributed by atoms with Crippen molar-refractivity contribution in [2.75, 3.05) is 20.6 Å². The lowest BCUT2D eigenvalue weighted by Crippen LogP contribution is -2.42. The number of rotatable bonds is 5. The summed E-state index contributed by atoms with van der Waals surface area (Å²) in [5.74, 6) is 0.860. The minimum atomic E-state index is 0. The first-order valence-electron chi connectivity index (χ1n) is 8.10. The van der Waals surface area contributed by atoms with E-state index in [9.17, 15) is 4.79 Å². The minimum Gasteiger partial charge on any atom is -0.357 e. The third-order valence-corrected chi connectivity index (χ3v) is 3.72. The highest BCUT2D eigenvalue weighted by molar-refractivity contribution is 14.0. The van der Waals surface area contributed by atoms with E-state index in [2.05, 4.69) is 34.7 Å². The minimum absolute atomic E-state index is 0. The molecule has 0 saturated carbocycles. The normalized spacial score (nSPS) is 14.2. The van der Waals surface area contributed by atoms with Gasteiger partial charge in [0.1, 0.15) is 0 Å². The lowest BCUT2D eigenvalue weighted by molar-refractivity contribution is 0.0827. The first-order chi connectivity index (χ1) is 11.1. The summed E-state index contributed by atoms with van der Waals surface area (Å²) in [7, 11) is 3.51. The molecule has 5 nitrogen and oxygen atoms in total. The summed E-state index contributed by atoms with van der Waals surface area (Å²) in [5, 5.41) is 6.72. The van der Waals surface area contributed by atoms with E-state index >= 15 is 0 Å². The number of benzene rings is 1. The van der Waals surface area contributed by atoms with Crippen LogP contribution in [0.2, 0.25) is 0 Å². The van der Waals surface area contributed by atoms with Crippen LogP contribution < -0.4 is 10.6 Å². The van der Waals surface area contributed by atoms with Crippen LogP contribution in [-0.4, -0.2) is 43.4 Å². The van der Waals surface area contributed by atoms with Gasteiger partial charge in [0.2, 0.25) is 0 Å². The zero-order valence-electron chi connectivity index (χ0n) is 14.6. The van der Waals surface area contributed by atoms with Crippen LogP contribution in [0.3, 0.4) is 0 Å². The van der Waals surface area contributed by atoms with Gasteiger partial charge in [0.15, 0.2) is 5.96 Å². The molecule has 0 fully saturated rings. The van der Waals surface area contributed by atoms with Crippen molar-refractivity contribution < 1.29 is 4.79 Å². The molecule has 1 amide bonds. The molecule has 0 unspecified atom stereocenters. The molecule has 0 aromatic heterocycles. The number of hydrogen-bond donors (Lipinski definition) is 2. The average molecular weight is 442 g/mol. The topological polar surface area (TPSA) is 56.7 Å². The highest BCUT2D eigenvalue weighted by Crippen LogP contribution is 2.10. The second-order valence-electron chi connectivity index (χ2n) is 5.88. The van der Waals surface area contributed by atoms with E-state index in [0.29, 0.717) is 18.2 Å². The van der Waals surface area contributed by atoms with Gasteiger partial charge in [-0.25, -0.2) is 4.99 Å². The molecule has 0 bridgehead atoms. The van der Waals surface area contributed by atoms with Crippen LogP contribution in [0.25, 0.3) is 0 Å². The van der Waals surface area contributed by atoms with E-state index in [4.69, 9.17) is 0 Å². The monoisotopic (exact) mass is 442 g/mol. The van der Waals surface area contributed by atoms with Crippen LogP contribution >= 0.6 is 24.0 Å². The van der Waals surface area contributed by atoms with Gasteiger partial charge >= 0.3 is 0 Å². The molecular formula is C18H27IN4O. The predicted molar refractivity (Wildman–Crippen MR) is 110 cm³/mol. The number of nitrogens with one attached hydrogen (secondary N) is 2. The molecule has 0 saturated heterocycles. The number of amides is 1. The molecule has 0 heterocycles. The SMILES string of the molecule is CCNC(=NCc1ccc(C(=O)N(C)C)cc1)NC1CC=CC1.I. The van der Waals surface area contributed by atoms with Gasteiger partial charge in [-0.2, -0.15) is 0 Å². The zero-order chi connectivity index (χ0) is 16.7. The summed E-state index contributed by atoms with van der Waals surface area (Å²) in [4.78, 5) is 18.1.